The first kappa shape index (κ1) is 14.3. The first-order valence-corrected chi connectivity index (χ1v) is 6.41. The summed E-state index contributed by atoms with van der Waals surface area (Å²) in [6.45, 7) is 3.14. The molecule has 0 unspecified atom stereocenters. The van der Waals surface area contributed by atoms with Gasteiger partial charge in [-0.1, -0.05) is 5.21 Å². The third-order valence-corrected chi connectivity index (χ3v) is 2.86. The second-order valence-corrected chi connectivity index (χ2v) is 4.70. The van der Waals surface area contributed by atoms with Crippen molar-refractivity contribution in [3.63, 3.8) is 0 Å². The highest BCUT2D eigenvalue weighted by Gasteiger charge is 2.13. The molecule has 0 bridgehead atoms. The molecule has 2 aromatic rings. The number of amides is 1. The predicted octanol–water partition coefficient (Wildman–Crippen LogP) is 0.558. The number of furan rings is 1. The Labute approximate surface area is 117 Å². The highest BCUT2D eigenvalue weighted by molar-refractivity contribution is 5.75. The number of nitrogens with one attached hydrogen (secondary N) is 1. The Hall–Kier alpha value is -2.15. The third kappa shape index (κ3) is 3.67. The number of aryl methyl sites for hydroxylation is 1. The van der Waals surface area contributed by atoms with Crippen LogP contribution in [0, 0.1) is 6.92 Å². The summed E-state index contributed by atoms with van der Waals surface area (Å²) < 4.78 is 6.99. The summed E-state index contributed by atoms with van der Waals surface area (Å²) in [5.41, 5.74) is 0.810. The van der Waals surface area contributed by atoms with Crippen LogP contribution in [0.25, 0.3) is 0 Å². The van der Waals surface area contributed by atoms with Gasteiger partial charge in [-0.05, 0) is 26.1 Å². The number of nitrogens with zero attached hydrogens (tertiary/aromatic N) is 4. The van der Waals surface area contributed by atoms with Gasteiger partial charge in [0.25, 0.3) is 0 Å². The van der Waals surface area contributed by atoms with Crippen LogP contribution in [0.4, 0.5) is 0 Å². The van der Waals surface area contributed by atoms with E-state index in [0.717, 1.165) is 17.2 Å². The second-order valence-electron chi connectivity index (χ2n) is 4.70. The summed E-state index contributed by atoms with van der Waals surface area (Å²) in [6.07, 6.45) is 1.76. The van der Waals surface area contributed by atoms with Crippen LogP contribution in [0.2, 0.25) is 0 Å². The predicted molar refractivity (Wildman–Crippen MR) is 72.7 cm³/mol. The van der Waals surface area contributed by atoms with Gasteiger partial charge in [-0.15, -0.1) is 5.10 Å². The van der Waals surface area contributed by atoms with Gasteiger partial charge in [0.05, 0.1) is 18.4 Å². The molecule has 7 nitrogen and oxygen atoms in total. The quantitative estimate of drug-likeness (QED) is 0.835. The second kappa shape index (κ2) is 6.33. The number of rotatable bonds is 6. The van der Waals surface area contributed by atoms with Crippen molar-refractivity contribution >= 4 is 5.91 Å². The van der Waals surface area contributed by atoms with Crippen LogP contribution in [-0.4, -0.2) is 39.9 Å². The van der Waals surface area contributed by atoms with Crippen LogP contribution in [0.1, 0.15) is 17.2 Å². The zero-order valence-corrected chi connectivity index (χ0v) is 12.0. The van der Waals surface area contributed by atoms with Crippen LogP contribution < -0.4 is 5.32 Å². The SMILES string of the molecule is CNCc1cn(CC(=O)N(C)Cc2ccc(C)o2)nn1. The molecule has 108 valence electrons. The Bertz CT molecular complexity index is 575. The molecular weight excluding hydrogens is 258 g/mol. The molecule has 0 aromatic carbocycles. The van der Waals surface area contributed by atoms with E-state index < -0.39 is 0 Å². The average molecular weight is 277 g/mol. The van der Waals surface area contributed by atoms with E-state index in [2.05, 4.69) is 15.6 Å². The minimum atomic E-state index is -0.0417. The van der Waals surface area contributed by atoms with Crippen molar-refractivity contribution in [1.82, 2.24) is 25.2 Å². The lowest BCUT2D eigenvalue weighted by atomic mass is 10.4. The van der Waals surface area contributed by atoms with E-state index in [4.69, 9.17) is 4.42 Å². The van der Waals surface area contributed by atoms with Crippen LogP contribution in [0.3, 0.4) is 0 Å². The summed E-state index contributed by atoms with van der Waals surface area (Å²) in [5, 5.41) is 10.9. The number of aromatic nitrogens is 3. The molecule has 1 amide bonds. The van der Waals surface area contributed by atoms with Crippen molar-refractivity contribution in [2.45, 2.75) is 26.6 Å². The largest absolute Gasteiger partial charge is 0.464 e. The Morgan fingerprint density at radius 2 is 2.30 bits per heavy atom. The summed E-state index contributed by atoms with van der Waals surface area (Å²) in [6, 6.07) is 3.76. The molecule has 0 aliphatic heterocycles. The average Bonchev–Trinajstić information content (AvgIpc) is 2.99. The van der Waals surface area contributed by atoms with E-state index in [0.29, 0.717) is 13.1 Å². The van der Waals surface area contributed by atoms with Crippen LogP contribution >= 0.6 is 0 Å². The van der Waals surface area contributed by atoms with Crippen molar-refractivity contribution in [2.24, 2.45) is 0 Å². The lowest BCUT2D eigenvalue weighted by Crippen LogP contribution is -2.29. The van der Waals surface area contributed by atoms with Crippen molar-refractivity contribution in [3.8, 4) is 0 Å². The summed E-state index contributed by atoms with van der Waals surface area (Å²) in [5.74, 6) is 1.57. The molecule has 1 N–H and O–H groups in total. The van der Waals surface area contributed by atoms with Crippen molar-refractivity contribution in [3.05, 3.63) is 35.5 Å². The molecule has 7 heteroatoms. The van der Waals surface area contributed by atoms with Gasteiger partial charge in [-0.3, -0.25) is 4.79 Å². The third-order valence-electron chi connectivity index (χ3n) is 2.86. The Kier molecular flexibility index (Phi) is 4.52. The summed E-state index contributed by atoms with van der Waals surface area (Å²) >= 11 is 0. The molecule has 2 rings (SSSR count). The maximum absolute atomic E-state index is 12.1. The number of likely N-dealkylation sites (N-methyl/N-ethyl adjacent to an activating group) is 1. The molecule has 20 heavy (non-hydrogen) atoms. The number of hydrogen-bond acceptors (Lipinski definition) is 5. The normalized spacial score (nSPS) is 10.8. The van der Waals surface area contributed by atoms with E-state index in [9.17, 15) is 4.79 Å². The molecule has 2 heterocycles. The zero-order chi connectivity index (χ0) is 14.5. The molecule has 0 atom stereocenters. The highest BCUT2D eigenvalue weighted by atomic mass is 16.3. The molecule has 0 aliphatic carbocycles. The van der Waals surface area contributed by atoms with Gasteiger partial charge in [0.2, 0.25) is 5.91 Å². The fourth-order valence-corrected chi connectivity index (χ4v) is 1.83. The molecule has 0 spiro atoms. The zero-order valence-electron chi connectivity index (χ0n) is 12.0. The molecule has 0 saturated heterocycles. The first-order valence-electron chi connectivity index (χ1n) is 6.41. The summed E-state index contributed by atoms with van der Waals surface area (Å²) in [4.78, 5) is 13.7. The van der Waals surface area contributed by atoms with Crippen molar-refractivity contribution < 1.29 is 9.21 Å². The maximum atomic E-state index is 12.1. The molecule has 2 aromatic heterocycles. The van der Waals surface area contributed by atoms with Crippen molar-refractivity contribution in [2.75, 3.05) is 14.1 Å². The lowest BCUT2D eigenvalue weighted by Gasteiger charge is -2.15. The van der Waals surface area contributed by atoms with Crippen LogP contribution in [0.15, 0.2) is 22.7 Å². The first-order chi connectivity index (χ1) is 9.58. The van der Waals surface area contributed by atoms with Gasteiger partial charge in [0.1, 0.15) is 18.1 Å². The van der Waals surface area contributed by atoms with Crippen LogP contribution in [0.5, 0.6) is 0 Å². The molecule has 0 aliphatic rings. The Balaban J connectivity index is 1.89. The minimum Gasteiger partial charge on any atom is -0.464 e. The topological polar surface area (TPSA) is 76.2 Å². The standard InChI is InChI=1S/C13H19N5O2/c1-10-4-5-12(20-10)8-17(3)13(19)9-18-7-11(6-14-2)15-16-18/h4-5,7,14H,6,8-9H2,1-3H3. The van der Waals surface area contributed by atoms with Gasteiger partial charge in [-0.25, -0.2) is 4.68 Å². The number of carbonyl (C=O) groups is 1. The van der Waals surface area contributed by atoms with E-state index in [-0.39, 0.29) is 12.5 Å². The molecular formula is C13H19N5O2. The van der Waals surface area contributed by atoms with Crippen LogP contribution in [-0.2, 0) is 24.4 Å². The van der Waals surface area contributed by atoms with Gasteiger partial charge >= 0.3 is 0 Å². The van der Waals surface area contributed by atoms with Gasteiger partial charge < -0.3 is 14.6 Å². The smallest absolute Gasteiger partial charge is 0.244 e. The van der Waals surface area contributed by atoms with Gasteiger partial charge in [-0.2, -0.15) is 0 Å². The maximum Gasteiger partial charge on any atom is 0.244 e. The molecule has 0 fully saturated rings. The monoisotopic (exact) mass is 277 g/mol. The fourth-order valence-electron chi connectivity index (χ4n) is 1.83. The lowest BCUT2D eigenvalue weighted by molar-refractivity contribution is -0.131. The summed E-state index contributed by atoms with van der Waals surface area (Å²) in [7, 11) is 3.58. The van der Waals surface area contributed by atoms with E-state index in [1.54, 1.807) is 22.8 Å². The highest BCUT2D eigenvalue weighted by Crippen LogP contribution is 2.09. The Morgan fingerprint density at radius 1 is 1.50 bits per heavy atom. The van der Waals surface area contributed by atoms with E-state index in [1.807, 2.05) is 26.1 Å². The van der Waals surface area contributed by atoms with Gasteiger partial charge in [0, 0.05) is 13.6 Å². The Morgan fingerprint density at radius 3 is 2.95 bits per heavy atom. The number of hydrogen-bond donors (Lipinski definition) is 1. The van der Waals surface area contributed by atoms with E-state index in [1.165, 1.54) is 0 Å². The molecule has 0 radical (unpaired) electrons. The minimum absolute atomic E-state index is 0.0417. The number of carbonyl (C=O) groups excluding carboxylic acids is 1. The fraction of sp³-hybridized carbons (Fsp3) is 0.462. The van der Waals surface area contributed by atoms with Gasteiger partial charge in [0.15, 0.2) is 0 Å². The van der Waals surface area contributed by atoms with E-state index >= 15 is 0 Å². The molecule has 0 saturated carbocycles. The van der Waals surface area contributed by atoms with Crippen molar-refractivity contribution in [1.29, 1.82) is 0 Å².